The molecule has 0 atom stereocenters. The van der Waals surface area contributed by atoms with Crippen LogP contribution >= 0.6 is 11.3 Å². The first kappa shape index (κ1) is 8.40. The van der Waals surface area contributed by atoms with Crippen LogP contribution in [0.5, 0.6) is 0 Å². The van der Waals surface area contributed by atoms with E-state index in [4.69, 9.17) is 0 Å². The molecular weight excluding hydrogens is 158 g/mol. The van der Waals surface area contributed by atoms with Crippen LogP contribution in [0.4, 0.5) is 5.00 Å². The lowest BCUT2D eigenvalue weighted by atomic mass is 10.1. The second-order valence-corrected chi connectivity index (χ2v) is 3.83. The molecule has 11 heavy (non-hydrogen) atoms. The summed E-state index contributed by atoms with van der Waals surface area (Å²) in [6, 6.07) is 1.97. The van der Waals surface area contributed by atoms with Crippen molar-refractivity contribution >= 4 is 16.3 Å². The van der Waals surface area contributed by atoms with E-state index in [1.165, 1.54) is 11.3 Å². The van der Waals surface area contributed by atoms with Gasteiger partial charge in [-0.05, 0) is 34.5 Å². The Morgan fingerprint density at radius 2 is 2.36 bits per heavy atom. The Morgan fingerprint density at radius 1 is 1.64 bits per heavy atom. The molecule has 0 saturated heterocycles. The van der Waals surface area contributed by atoms with Crippen LogP contribution in [0.15, 0.2) is 16.6 Å². The number of thiophene rings is 1. The van der Waals surface area contributed by atoms with Crippen molar-refractivity contribution in [3.63, 3.8) is 0 Å². The highest BCUT2D eigenvalue weighted by Gasteiger charge is 2.05. The smallest absolute Gasteiger partial charge is 0.144 e. The van der Waals surface area contributed by atoms with Crippen molar-refractivity contribution in [2.75, 3.05) is 0 Å². The first-order valence-electron chi connectivity index (χ1n) is 3.63. The molecule has 0 amide bonds. The standard InChI is InChI=1S/C8H11NOS/c1-6(2)5-7-3-4-11-8(7)9-10/h3-4,6H,5H2,1-2H3. The van der Waals surface area contributed by atoms with Crippen molar-refractivity contribution in [3.05, 3.63) is 21.9 Å². The summed E-state index contributed by atoms with van der Waals surface area (Å²) in [5.74, 6) is 0.588. The van der Waals surface area contributed by atoms with Gasteiger partial charge < -0.3 is 0 Å². The lowest BCUT2D eigenvalue weighted by Gasteiger charge is -2.00. The van der Waals surface area contributed by atoms with Gasteiger partial charge in [-0.3, -0.25) is 0 Å². The van der Waals surface area contributed by atoms with Crippen LogP contribution in [0.2, 0.25) is 0 Å². The topological polar surface area (TPSA) is 29.4 Å². The zero-order chi connectivity index (χ0) is 8.27. The molecule has 2 nitrogen and oxygen atoms in total. The van der Waals surface area contributed by atoms with Gasteiger partial charge in [-0.2, -0.15) is 0 Å². The van der Waals surface area contributed by atoms with E-state index >= 15 is 0 Å². The van der Waals surface area contributed by atoms with Gasteiger partial charge in [0.25, 0.3) is 0 Å². The van der Waals surface area contributed by atoms with Gasteiger partial charge in [-0.1, -0.05) is 13.8 Å². The van der Waals surface area contributed by atoms with Crippen molar-refractivity contribution in [3.8, 4) is 0 Å². The number of hydrogen-bond donors (Lipinski definition) is 0. The van der Waals surface area contributed by atoms with E-state index < -0.39 is 0 Å². The van der Waals surface area contributed by atoms with Gasteiger partial charge in [0.1, 0.15) is 0 Å². The normalized spacial score (nSPS) is 10.5. The molecule has 1 heterocycles. The summed E-state index contributed by atoms with van der Waals surface area (Å²) in [5, 5.41) is 5.50. The molecule has 0 N–H and O–H groups in total. The van der Waals surface area contributed by atoms with E-state index in [0.717, 1.165) is 12.0 Å². The zero-order valence-electron chi connectivity index (χ0n) is 6.70. The average Bonchev–Trinajstić information content (AvgIpc) is 2.34. The Balaban J connectivity index is 2.76. The minimum Gasteiger partial charge on any atom is -0.144 e. The molecule has 0 aliphatic carbocycles. The third-order valence-electron chi connectivity index (χ3n) is 1.43. The molecule has 0 bridgehead atoms. The Hall–Kier alpha value is -0.700. The lowest BCUT2D eigenvalue weighted by molar-refractivity contribution is 0.649. The molecule has 0 unspecified atom stereocenters. The molecular formula is C8H11NOS. The van der Waals surface area contributed by atoms with Crippen LogP contribution in [0.25, 0.3) is 0 Å². The highest BCUT2D eigenvalue weighted by atomic mass is 32.1. The third-order valence-corrected chi connectivity index (χ3v) is 2.27. The molecule has 0 spiro atoms. The third kappa shape index (κ3) is 2.12. The van der Waals surface area contributed by atoms with Crippen LogP contribution in [-0.4, -0.2) is 0 Å². The minimum atomic E-state index is 0.588. The number of nitroso groups, excluding NO2 is 1. The van der Waals surface area contributed by atoms with Gasteiger partial charge in [-0.15, -0.1) is 16.2 Å². The molecule has 1 rings (SSSR count). The summed E-state index contributed by atoms with van der Waals surface area (Å²) in [6.45, 7) is 4.26. The van der Waals surface area contributed by atoms with E-state index in [9.17, 15) is 4.91 Å². The molecule has 60 valence electrons. The van der Waals surface area contributed by atoms with Crippen LogP contribution in [0.1, 0.15) is 19.4 Å². The van der Waals surface area contributed by atoms with Gasteiger partial charge >= 0.3 is 0 Å². The fraction of sp³-hybridized carbons (Fsp3) is 0.500. The van der Waals surface area contributed by atoms with Crippen LogP contribution in [0, 0.1) is 10.8 Å². The van der Waals surface area contributed by atoms with E-state index in [0.29, 0.717) is 10.9 Å². The fourth-order valence-corrected chi connectivity index (χ4v) is 1.71. The number of rotatable bonds is 3. The van der Waals surface area contributed by atoms with E-state index in [1.807, 2.05) is 11.4 Å². The van der Waals surface area contributed by atoms with Crippen molar-refractivity contribution in [2.45, 2.75) is 20.3 Å². The molecule has 0 aliphatic heterocycles. The van der Waals surface area contributed by atoms with Gasteiger partial charge in [-0.25, -0.2) is 0 Å². The highest BCUT2D eigenvalue weighted by molar-refractivity contribution is 7.14. The van der Waals surface area contributed by atoms with Crippen molar-refractivity contribution in [1.82, 2.24) is 0 Å². The summed E-state index contributed by atoms with van der Waals surface area (Å²) >= 11 is 1.41. The maximum Gasteiger partial charge on any atom is 0.163 e. The monoisotopic (exact) mass is 169 g/mol. The Kier molecular flexibility index (Phi) is 2.76. The maximum atomic E-state index is 10.2. The number of hydrogen-bond acceptors (Lipinski definition) is 3. The van der Waals surface area contributed by atoms with E-state index in [2.05, 4.69) is 19.0 Å². The molecule has 3 heteroatoms. The van der Waals surface area contributed by atoms with E-state index in [-0.39, 0.29) is 0 Å². The summed E-state index contributed by atoms with van der Waals surface area (Å²) in [5.41, 5.74) is 1.08. The van der Waals surface area contributed by atoms with Gasteiger partial charge in [0, 0.05) is 0 Å². The SMILES string of the molecule is CC(C)Cc1ccsc1N=O. The second kappa shape index (κ2) is 3.62. The van der Waals surface area contributed by atoms with Gasteiger partial charge in [0.15, 0.2) is 5.00 Å². The quantitative estimate of drug-likeness (QED) is 0.638. The average molecular weight is 169 g/mol. The van der Waals surface area contributed by atoms with Crippen molar-refractivity contribution in [1.29, 1.82) is 0 Å². The Morgan fingerprint density at radius 3 is 2.91 bits per heavy atom. The predicted molar refractivity (Wildman–Crippen MR) is 48.3 cm³/mol. The van der Waals surface area contributed by atoms with Crippen LogP contribution in [0.3, 0.4) is 0 Å². The lowest BCUT2D eigenvalue weighted by Crippen LogP contribution is -1.91. The van der Waals surface area contributed by atoms with Crippen molar-refractivity contribution in [2.24, 2.45) is 11.1 Å². The first-order chi connectivity index (χ1) is 5.24. The Labute approximate surface area is 70.2 Å². The molecule has 0 fully saturated rings. The molecule has 0 radical (unpaired) electrons. The van der Waals surface area contributed by atoms with Crippen LogP contribution in [-0.2, 0) is 6.42 Å². The molecule has 0 aliphatic rings. The second-order valence-electron chi connectivity index (χ2n) is 2.94. The minimum absolute atomic E-state index is 0.588. The van der Waals surface area contributed by atoms with Crippen molar-refractivity contribution < 1.29 is 0 Å². The largest absolute Gasteiger partial charge is 0.163 e. The maximum absolute atomic E-state index is 10.2. The van der Waals surface area contributed by atoms with Gasteiger partial charge in [0.05, 0.1) is 0 Å². The number of nitrogens with zero attached hydrogens (tertiary/aromatic N) is 1. The van der Waals surface area contributed by atoms with Gasteiger partial charge in [0.2, 0.25) is 0 Å². The predicted octanol–water partition coefficient (Wildman–Crippen LogP) is 3.34. The summed E-state index contributed by atoms with van der Waals surface area (Å²) in [7, 11) is 0. The molecule has 0 saturated carbocycles. The van der Waals surface area contributed by atoms with Crippen LogP contribution < -0.4 is 0 Å². The highest BCUT2D eigenvalue weighted by Crippen LogP contribution is 2.27. The molecule has 1 aromatic heterocycles. The summed E-state index contributed by atoms with van der Waals surface area (Å²) < 4.78 is 0. The molecule has 0 aromatic carbocycles. The summed E-state index contributed by atoms with van der Waals surface area (Å²) in [4.78, 5) is 10.2. The summed E-state index contributed by atoms with van der Waals surface area (Å²) in [6.07, 6.45) is 0.949. The zero-order valence-corrected chi connectivity index (χ0v) is 7.52. The molecule has 1 aromatic rings. The van der Waals surface area contributed by atoms with E-state index in [1.54, 1.807) is 0 Å². The first-order valence-corrected chi connectivity index (χ1v) is 4.51. The fourth-order valence-electron chi connectivity index (χ4n) is 1.00. The Bertz CT molecular complexity index is 242.